The summed E-state index contributed by atoms with van der Waals surface area (Å²) in [4.78, 5) is 15.8. The first-order valence-electron chi connectivity index (χ1n) is 5.22. The van der Waals surface area contributed by atoms with Gasteiger partial charge in [0.15, 0.2) is 0 Å². The lowest BCUT2D eigenvalue weighted by Gasteiger charge is -2.07. The standard InChI is InChI=1S/C13H7BrClN3O/c14-9-2-4-11(10(15)5-9)18-13(19)12-3-1-8(6-16)7-17-12/h1-5,7H,(H,18,19). The molecular weight excluding hydrogens is 330 g/mol. The van der Waals surface area contributed by atoms with Crippen LogP contribution < -0.4 is 5.32 Å². The zero-order valence-corrected chi connectivity index (χ0v) is 11.9. The van der Waals surface area contributed by atoms with Gasteiger partial charge >= 0.3 is 0 Å². The molecule has 0 atom stereocenters. The van der Waals surface area contributed by atoms with Crippen LogP contribution in [0.5, 0.6) is 0 Å². The molecule has 2 aromatic rings. The molecule has 0 bridgehead atoms. The van der Waals surface area contributed by atoms with E-state index in [0.717, 1.165) is 4.47 Å². The van der Waals surface area contributed by atoms with Gasteiger partial charge in [-0.3, -0.25) is 4.79 Å². The van der Waals surface area contributed by atoms with Gasteiger partial charge in [0.1, 0.15) is 11.8 Å². The summed E-state index contributed by atoms with van der Waals surface area (Å²) in [5, 5.41) is 11.7. The predicted molar refractivity (Wildman–Crippen MR) is 76.1 cm³/mol. The van der Waals surface area contributed by atoms with Crippen LogP contribution in [0.25, 0.3) is 0 Å². The molecule has 0 saturated heterocycles. The molecule has 0 aliphatic rings. The third-order valence-corrected chi connectivity index (χ3v) is 3.11. The van der Waals surface area contributed by atoms with E-state index in [0.29, 0.717) is 16.3 Å². The molecule has 0 fully saturated rings. The molecule has 2 rings (SSSR count). The quantitative estimate of drug-likeness (QED) is 0.911. The molecule has 94 valence electrons. The fraction of sp³-hybridized carbons (Fsp3) is 0. The van der Waals surface area contributed by atoms with Crippen molar-refractivity contribution in [2.45, 2.75) is 0 Å². The van der Waals surface area contributed by atoms with Crippen LogP contribution in [0.1, 0.15) is 16.1 Å². The van der Waals surface area contributed by atoms with Gasteiger partial charge in [0.25, 0.3) is 5.91 Å². The van der Waals surface area contributed by atoms with E-state index in [1.165, 1.54) is 18.3 Å². The second kappa shape index (κ2) is 5.83. The first kappa shape index (κ1) is 13.5. The lowest BCUT2D eigenvalue weighted by atomic mass is 10.2. The number of carbonyl (C=O) groups is 1. The number of halogens is 2. The first-order valence-corrected chi connectivity index (χ1v) is 6.40. The van der Waals surface area contributed by atoms with Gasteiger partial charge in [0.05, 0.1) is 16.3 Å². The molecule has 19 heavy (non-hydrogen) atoms. The molecule has 4 nitrogen and oxygen atoms in total. The molecule has 0 aliphatic heterocycles. The Morgan fingerprint density at radius 3 is 2.74 bits per heavy atom. The van der Waals surface area contributed by atoms with Gasteiger partial charge in [-0.25, -0.2) is 4.98 Å². The highest BCUT2D eigenvalue weighted by molar-refractivity contribution is 9.10. The Hall–Kier alpha value is -1.90. The molecule has 0 saturated carbocycles. The van der Waals surface area contributed by atoms with Gasteiger partial charge in [-0.15, -0.1) is 0 Å². The zero-order valence-electron chi connectivity index (χ0n) is 9.52. The number of carbonyl (C=O) groups excluding carboxylic acids is 1. The highest BCUT2D eigenvalue weighted by Gasteiger charge is 2.10. The predicted octanol–water partition coefficient (Wildman–Crippen LogP) is 3.62. The van der Waals surface area contributed by atoms with Crippen LogP contribution in [0, 0.1) is 11.3 Å². The average Bonchev–Trinajstić information content (AvgIpc) is 2.42. The summed E-state index contributed by atoms with van der Waals surface area (Å²) in [6.07, 6.45) is 1.35. The molecule has 6 heteroatoms. The van der Waals surface area contributed by atoms with Crippen molar-refractivity contribution in [1.29, 1.82) is 5.26 Å². The van der Waals surface area contributed by atoms with Crippen molar-refractivity contribution in [2.75, 3.05) is 5.32 Å². The average molecular weight is 337 g/mol. The van der Waals surface area contributed by atoms with E-state index in [9.17, 15) is 4.79 Å². The molecule has 1 heterocycles. The molecule has 0 spiro atoms. The molecule has 1 amide bonds. The number of nitriles is 1. The molecule has 0 radical (unpaired) electrons. The van der Waals surface area contributed by atoms with Crippen molar-refractivity contribution in [1.82, 2.24) is 4.98 Å². The van der Waals surface area contributed by atoms with Crippen molar-refractivity contribution in [3.8, 4) is 6.07 Å². The number of hydrogen-bond donors (Lipinski definition) is 1. The number of aromatic nitrogens is 1. The lowest BCUT2D eigenvalue weighted by molar-refractivity contribution is 0.102. The third kappa shape index (κ3) is 3.31. The number of hydrogen-bond acceptors (Lipinski definition) is 3. The first-order chi connectivity index (χ1) is 9.10. The van der Waals surface area contributed by atoms with E-state index in [2.05, 4.69) is 26.2 Å². The number of anilines is 1. The summed E-state index contributed by atoms with van der Waals surface area (Å²) < 4.78 is 0.826. The van der Waals surface area contributed by atoms with Crippen LogP contribution in [-0.2, 0) is 0 Å². The SMILES string of the molecule is N#Cc1ccc(C(=O)Nc2ccc(Br)cc2Cl)nc1. The second-order valence-electron chi connectivity index (χ2n) is 3.62. The van der Waals surface area contributed by atoms with E-state index in [1.54, 1.807) is 18.2 Å². The van der Waals surface area contributed by atoms with E-state index < -0.39 is 0 Å². The van der Waals surface area contributed by atoms with Gasteiger partial charge in [0.2, 0.25) is 0 Å². The zero-order chi connectivity index (χ0) is 13.8. The summed E-state index contributed by atoms with van der Waals surface area (Å²) in [6.45, 7) is 0. The fourth-order valence-electron chi connectivity index (χ4n) is 1.37. The lowest BCUT2D eigenvalue weighted by Crippen LogP contribution is -2.13. The third-order valence-electron chi connectivity index (χ3n) is 2.30. The summed E-state index contributed by atoms with van der Waals surface area (Å²) in [5.41, 5.74) is 1.12. The molecular formula is C13H7BrClN3O. The van der Waals surface area contributed by atoms with Gasteiger partial charge in [-0.2, -0.15) is 5.26 Å². The van der Waals surface area contributed by atoms with Crippen LogP contribution in [0.15, 0.2) is 41.0 Å². The minimum Gasteiger partial charge on any atom is -0.319 e. The molecule has 1 aromatic carbocycles. The number of nitrogens with one attached hydrogen (secondary N) is 1. The van der Waals surface area contributed by atoms with Crippen molar-refractivity contribution in [2.24, 2.45) is 0 Å². The molecule has 0 aliphatic carbocycles. The van der Waals surface area contributed by atoms with E-state index in [1.807, 2.05) is 6.07 Å². The van der Waals surface area contributed by atoms with E-state index in [4.69, 9.17) is 16.9 Å². The highest BCUT2D eigenvalue weighted by Crippen LogP contribution is 2.25. The van der Waals surface area contributed by atoms with Crippen LogP contribution >= 0.6 is 27.5 Å². The number of nitrogens with zero attached hydrogens (tertiary/aromatic N) is 2. The van der Waals surface area contributed by atoms with Crippen LogP contribution in [-0.4, -0.2) is 10.9 Å². The van der Waals surface area contributed by atoms with Crippen LogP contribution in [0.2, 0.25) is 5.02 Å². The van der Waals surface area contributed by atoms with Gasteiger partial charge in [-0.1, -0.05) is 27.5 Å². The Kier molecular flexibility index (Phi) is 4.15. The monoisotopic (exact) mass is 335 g/mol. The van der Waals surface area contributed by atoms with Gasteiger partial charge < -0.3 is 5.32 Å². The summed E-state index contributed by atoms with van der Waals surface area (Å²) >= 11 is 9.28. The van der Waals surface area contributed by atoms with E-state index in [-0.39, 0.29) is 11.6 Å². The molecule has 1 N–H and O–H groups in total. The summed E-state index contributed by atoms with van der Waals surface area (Å²) in [7, 11) is 0. The number of rotatable bonds is 2. The summed E-state index contributed by atoms with van der Waals surface area (Å²) in [6, 6.07) is 10.1. The minimum atomic E-state index is -0.381. The molecule has 0 unspecified atom stereocenters. The number of pyridine rings is 1. The Morgan fingerprint density at radius 2 is 2.16 bits per heavy atom. The van der Waals surface area contributed by atoms with Crippen molar-refractivity contribution in [3.05, 3.63) is 57.3 Å². The van der Waals surface area contributed by atoms with Gasteiger partial charge in [0, 0.05) is 10.7 Å². The largest absolute Gasteiger partial charge is 0.319 e. The maximum absolute atomic E-state index is 11.9. The van der Waals surface area contributed by atoms with Crippen molar-refractivity contribution in [3.63, 3.8) is 0 Å². The minimum absolute atomic E-state index is 0.220. The van der Waals surface area contributed by atoms with Crippen LogP contribution in [0.4, 0.5) is 5.69 Å². The van der Waals surface area contributed by atoms with Gasteiger partial charge in [-0.05, 0) is 30.3 Å². The molecule has 1 aromatic heterocycles. The topological polar surface area (TPSA) is 65.8 Å². The Bertz CT molecular complexity index is 665. The van der Waals surface area contributed by atoms with Crippen molar-refractivity contribution >= 4 is 39.1 Å². The Labute approximate surface area is 123 Å². The van der Waals surface area contributed by atoms with E-state index >= 15 is 0 Å². The Morgan fingerprint density at radius 1 is 1.37 bits per heavy atom. The summed E-state index contributed by atoms with van der Waals surface area (Å²) in [5.74, 6) is -0.381. The number of amides is 1. The van der Waals surface area contributed by atoms with Crippen LogP contribution in [0.3, 0.4) is 0 Å². The smallest absolute Gasteiger partial charge is 0.274 e. The fourth-order valence-corrected chi connectivity index (χ4v) is 2.09. The normalized spacial score (nSPS) is 9.74. The highest BCUT2D eigenvalue weighted by atomic mass is 79.9. The number of benzene rings is 1. The maximum Gasteiger partial charge on any atom is 0.274 e. The second-order valence-corrected chi connectivity index (χ2v) is 4.95. The Balaban J connectivity index is 2.18. The maximum atomic E-state index is 11.9. The van der Waals surface area contributed by atoms with Crippen molar-refractivity contribution < 1.29 is 4.79 Å².